The number of nitrogens with zero attached hydrogens (tertiary/aromatic N) is 1. The molecular formula is C14H19N3O2. The van der Waals surface area contributed by atoms with Gasteiger partial charge in [0, 0.05) is 31.3 Å². The number of carbonyl (C=O) groups is 2. The molecule has 0 saturated carbocycles. The van der Waals surface area contributed by atoms with E-state index < -0.39 is 0 Å². The number of anilines is 2. The summed E-state index contributed by atoms with van der Waals surface area (Å²) in [5.74, 6) is 0.133. The second-order valence-corrected chi connectivity index (χ2v) is 4.71. The van der Waals surface area contributed by atoms with Crippen LogP contribution >= 0.6 is 0 Å². The average Bonchev–Trinajstić information content (AvgIpc) is 2.39. The van der Waals surface area contributed by atoms with Crippen LogP contribution in [0.2, 0.25) is 0 Å². The number of likely N-dealkylation sites (tertiary alicyclic amines) is 1. The first-order valence-electron chi connectivity index (χ1n) is 6.54. The van der Waals surface area contributed by atoms with Crippen molar-refractivity contribution in [1.29, 1.82) is 0 Å². The van der Waals surface area contributed by atoms with Gasteiger partial charge in [0.25, 0.3) is 0 Å². The molecule has 0 aromatic heterocycles. The van der Waals surface area contributed by atoms with Crippen molar-refractivity contribution in [3.63, 3.8) is 0 Å². The molecule has 1 aromatic carbocycles. The van der Waals surface area contributed by atoms with Crippen LogP contribution in [0.3, 0.4) is 0 Å². The van der Waals surface area contributed by atoms with Gasteiger partial charge in [-0.15, -0.1) is 0 Å². The lowest BCUT2D eigenvalue weighted by Gasteiger charge is -2.27. The fraction of sp³-hybridized carbons (Fsp3) is 0.429. The molecule has 2 N–H and O–H groups in total. The lowest BCUT2D eigenvalue weighted by atomic mass is 10.1. The summed E-state index contributed by atoms with van der Waals surface area (Å²) in [5, 5.41) is 5.93. The Morgan fingerprint density at radius 2 is 1.89 bits per heavy atom. The zero-order chi connectivity index (χ0) is 13.7. The molecule has 1 aliphatic heterocycles. The molecule has 1 heterocycles. The summed E-state index contributed by atoms with van der Waals surface area (Å²) < 4.78 is 0. The first-order chi connectivity index (χ1) is 9.15. The SMILES string of the molecule is CC(=O)Nc1ccc(NCN2CCCCC2=O)cc1. The largest absolute Gasteiger partial charge is 0.368 e. The van der Waals surface area contributed by atoms with Gasteiger partial charge in [-0.1, -0.05) is 0 Å². The molecule has 0 aliphatic carbocycles. The molecule has 0 unspecified atom stereocenters. The van der Waals surface area contributed by atoms with Crippen LogP contribution in [-0.2, 0) is 9.59 Å². The third-order valence-electron chi connectivity index (χ3n) is 3.10. The summed E-state index contributed by atoms with van der Waals surface area (Å²) in [4.78, 5) is 24.4. The van der Waals surface area contributed by atoms with Crippen molar-refractivity contribution in [1.82, 2.24) is 4.90 Å². The molecule has 0 spiro atoms. The van der Waals surface area contributed by atoms with E-state index in [9.17, 15) is 9.59 Å². The summed E-state index contributed by atoms with van der Waals surface area (Å²) in [7, 11) is 0. The van der Waals surface area contributed by atoms with E-state index in [0.29, 0.717) is 13.1 Å². The van der Waals surface area contributed by atoms with Crippen LogP contribution in [-0.4, -0.2) is 29.9 Å². The highest BCUT2D eigenvalue weighted by molar-refractivity contribution is 5.88. The Labute approximate surface area is 113 Å². The molecule has 1 fully saturated rings. The van der Waals surface area contributed by atoms with Crippen molar-refractivity contribution in [3.05, 3.63) is 24.3 Å². The Hall–Kier alpha value is -2.04. The lowest BCUT2D eigenvalue weighted by Crippen LogP contribution is -2.38. The summed E-state index contributed by atoms with van der Waals surface area (Å²) in [6.45, 7) is 2.85. The highest BCUT2D eigenvalue weighted by Crippen LogP contribution is 2.15. The van der Waals surface area contributed by atoms with Gasteiger partial charge in [-0.2, -0.15) is 0 Å². The minimum absolute atomic E-state index is 0.0837. The lowest BCUT2D eigenvalue weighted by molar-refractivity contribution is -0.132. The predicted octanol–water partition coefficient (Wildman–Crippen LogP) is 2.03. The van der Waals surface area contributed by atoms with Gasteiger partial charge in [-0.3, -0.25) is 9.59 Å². The number of carbonyl (C=O) groups excluding carboxylic acids is 2. The van der Waals surface area contributed by atoms with E-state index in [1.54, 1.807) is 0 Å². The highest BCUT2D eigenvalue weighted by Gasteiger charge is 2.16. The van der Waals surface area contributed by atoms with E-state index in [0.717, 1.165) is 30.8 Å². The maximum absolute atomic E-state index is 11.6. The number of piperidine rings is 1. The van der Waals surface area contributed by atoms with Crippen LogP contribution in [0.25, 0.3) is 0 Å². The summed E-state index contributed by atoms with van der Waals surface area (Å²) in [6.07, 6.45) is 2.73. The van der Waals surface area contributed by atoms with Crippen molar-refractivity contribution >= 4 is 23.2 Å². The van der Waals surface area contributed by atoms with Gasteiger partial charge in [0.2, 0.25) is 11.8 Å². The van der Waals surface area contributed by atoms with Crippen LogP contribution < -0.4 is 10.6 Å². The highest BCUT2D eigenvalue weighted by atomic mass is 16.2. The smallest absolute Gasteiger partial charge is 0.223 e. The number of hydrogen-bond acceptors (Lipinski definition) is 3. The van der Waals surface area contributed by atoms with Crippen molar-refractivity contribution in [2.75, 3.05) is 23.8 Å². The molecule has 0 bridgehead atoms. The van der Waals surface area contributed by atoms with E-state index in [1.165, 1.54) is 6.92 Å². The van der Waals surface area contributed by atoms with Crippen LogP contribution in [0, 0.1) is 0 Å². The third-order valence-corrected chi connectivity index (χ3v) is 3.10. The third kappa shape index (κ3) is 3.98. The monoisotopic (exact) mass is 261 g/mol. The van der Waals surface area contributed by atoms with Crippen LogP contribution in [0.4, 0.5) is 11.4 Å². The molecule has 1 aromatic rings. The predicted molar refractivity (Wildman–Crippen MR) is 74.8 cm³/mol. The van der Waals surface area contributed by atoms with Gasteiger partial charge in [0.05, 0.1) is 6.67 Å². The van der Waals surface area contributed by atoms with E-state index in [-0.39, 0.29) is 11.8 Å². The zero-order valence-corrected chi connectivity index (χ0v) is 11.1. The second-order valence-electron chi connectivity index (χ2n) is 4.71. The van der Waals surface area contributed by atoms with E-state index in [2.05, 4.69) is 10.6 Å². The Kier molecular flexibility index (Phi) is 4.39. The van der Waals surface area contributed by atoms with E-state index in [4.69, 9.17) is 0 Å². The standard InChI is InChI=1S/C14H19N3O2/c1-11(18)16-13-7-5-12(6-8-13)15-10-17-9-3-2-4-14(17)19/h5-8,15H,2-4,9-10H2,1H3,(H,16,18). The van der Waals surface area contributed by atoms with Gasteiger partial charge < -0.3 is 15.5 Å². The zero-order valence-electron chi connectivity index (χ0n) is 11.1. The number of rotatable bonds is 4. The number of benzene rings is 1. The van der Waals surface area contributed by atoms with Gasteiger partial charge in [-0.25, -0.2) is 0 Å². The number of amides is 2. The molecule has 0 radical (unpaired) electrons. The molecule has 5 heteroatoms. The fourth-order valence-corrected chi connectivity index (χ4v) is 2.09. The first-order valence-corrected chi connectivity index (χ1v) is 6.54. The molecular weight excluding hydrogens is 242 g/mol. The quantitative estimate of drug-likeness (QED) is 0.871. The van der Waals surface area contributed by atoms with Crippen LogP contribution in [0.1, 0.15) is 26.2 Å². The summed E-state index contributed by atoms with van der Waals surface area (Å²) in [5.41, 5.74) is 1.71. The van der Waals surface area contributed by atoms with Gasteiger partial charge in [0.1, 0.15) is 0 Å². The molecule has 2 amide bonds. The maximum Gasteiger partial charge on any atom is 0.223 e. The van der Waals surface area contributed by atoms with Gasteiger partial charge in [-0.05, 0) is 37.1 Å². The molecule has 2 rings (SSSR count). The Bertz CT molecular complexity index is 456. The Morgan fingerprint density at radius 1 is 1.21 bits per heavy atom. The maximum atomic E-state index is 11.6. The van der Waals surface area contributed by atoms with Crippen molar-refractivity contribution in [2.24, 2.45) is 0 Å². The molecule has 5 nitrogen and oxygen atoms in total. The van der Waals surface area contributed by atoms with Crippen molar-refractivity contribution in [2.45, 2.75) is 26.2 Å². The Morgan fingerprint density at radius 3 is 2.53 bits per heavy atom. The van der Waals surface area contributed by atoms with Crippen molar-refractivity contribution < 1.29 is 9.59 Å². The van der Waals surface area contributed by atoms with Crippen LogP contribution in [0.5, 0.6) is 0 Å². The van der Waals surface area contributed by atoms with Crippen LogP contribution in [0.15, 0.2) is 24.3 Å². The van der Waals surface area contributed by atoms with Gasteiger partial charge in [0.15, 0.2) is 0 Å². The summed E-state index contributed by atoms with van der Waals surface area (Å²) >= 11 is 0. The molecule has 1 saturated heterocycles. The minimum atomic E-state index is -0.0837. The molecule has 19 heavy (non-hydrogen) atoms. The normalized spacial score (nSPS) is 15.2. The first kappa shape index (κ1) is 13.4. The number of hydrogen-bond donors (Lipinski definition) is 2. The second kappa shape index (κ2) is 6.22. The van der Waals surface area contributed by atoms with Gasteiger partial charge >= 0.3 is 0 Å². The van der Waals surface area contributed by atoms with E-state index >= 15 is 0 Å². The van der Waals surface area contributed by atoms with E-state index in [1.807, 2.05) is 29.2 Å². The molecule has 0 atom stereocenters. The van der Waals surface area contributed by atoms with Crippen molar-refractivity contribution in [3.8, 4) is 0 Å². The molecule has 102 valence electrons. The molecule has 1 aliphatic rings. The number of nitrogens with one attached hydrogen (secondary N) is 2. The Balaban J connectivity index is 1.85. The average molecular weight is 261 g/mol. The summed E-state index contributed by atoms with van der Waals surface area (Å²) in [6, 6.07) is 7.45. The topological polar surface area (TPSA) is 61.4 Å². The fourth-order valence-electron chi connectivity index (χ4n) is 2.09. The minimum Gasteiger partial charge on any atom is -0.368 e.